The quantitative estimate of drug-likeness (QED) is 0.439. The maximum Gasteiger partial charge on any atom is 0.336 e. The Morgan fingerprint density at radius 3 is 1.84 bits per heavy atom. The molecule has 0 aromatic heterocycles. The van der Waals surface area contributed by atoms with E-state index < -0.39 is 13.9 Å². The van der Waals surface area contributed by atoms with E-state index in [2.05, 4.69) is 40.4 Å². The minimum absolute atomic E-state index is 0.107. The number of hydrogen-bond donors (Lipinski definition) is 0. The summed E-state index contributed by atoms with van der Waals surface area (Å²) in [6.45, 7) is 22.1. The van der Waals surface area contributed by atoms with E-state index in [4.69, 9.17) is 9.16 Å². The van der Waals surface area contributed by atoms with Crippen LogP contribution >= 0.6 is 0 Å². The van der Waals surface area contributed by atoms with Gasteiger partial charge >= 0.3 is 5.97 Å². The number of carbonyl (C=O) groups is 1. The molecule has 0 aliphatic heterocycles. The van der Waals surface area contributed by atoms with Crippen molar-refractivity contribution in [1.82, 2.24) is 0 Å². The summed E-state index contributed by atoms with van der Waals surface area (Å²) in [6, 6.07) is 0. The van der Waals surface area contributed by atoms with E-state index in [9.17, 15) is 4.79 Å². The monoisotopic (exact) mass is 286 g/mol. The minimum atomic E-state index is -1.90. The molecule has 0 saturated carbocycles. The smallest absolute Gasteiger partial charge is 0.336 e. The molecule has 112 valence electrons. The average Bonchev–Trinajstić information content (AvgIpc) is 2.10. The second-order valence-electron chi connectivity index (χ2n) is 7.55. The highest BCUT2D eigenvalue weighted by molar-refractivity contribution is 6.74. The van der Waals surface area contributed by atoms with Crippen LogP contribution in [-0.4, -0.2) is 26.0 Å². The van der Waals surface area contributed by atoms with Crippen LogP contribution in [-0.2, 0) is 14.0 Å². The molecular formula is C15H30O3Si. The largest absolute Gasteiger partial charge is 0.457 e. The molecule has 19 heavy (non-hydrogen) atoms. The fourth-order valence-electron chi connectivity index (χ4n) is 1.20. The van der Waals surface area contributed by atoms with E-state index in [-0.39, 0.29) is 17.1 Å². The highest BCUT2D eigenvalue weighted by Crippen LogP contribution is 2.38. The van der Waals surface area contributed by atoms with Crippen LogP contribution in [0.1, 0.15) is 48.5 Å². The number of hydrogen-bond acceptors (Lipinski definition) is 3. The van der Waals surface area contributed by atoms with Gasteiger partial charge in [-0.05, 0) is 45.8 Å². The molecule has 0 N–H and O–H groups in total. The Kier molecular flexibility index (Phi) is 5.61. The lowest BCUT2D eigenvalue weighted by molar-refractivity contribution is -0.150. The summed E-state index contributed by atoms with van der Waals surface area (Å²) in [5, 5.41) is 0.107. The molecule has 0 aromatic carbocycles. The van der Waals surface area contributed by atoms with Crippen molar-refractivity contribution >= 4 is 14.3 Å². The number of rotatable bonds is 4. The second-order valence-corrected chi connectivity index (χ2v) is 12.3. The van der Waals surface area contributed by atoms with Crippen LogP contribution in [0.25, 0.3) is 0 Å². The molecule has 0 aliphatic rings. The second kappa shape index (κ2) is 5.79. The first kappa shape index (κ1) is 18.4. The van der Waals surface area contributed by atoms with Gasteiger partial charge in [-0.2, -0.15) is 0 Å². The third-order valence-corrected chi connectivity index (χ3v) is 7.98. The molecular weight excluding hydrogens is 256 g/mol. The standard InChI is InChI=1S/C15H30O3Si/c1-11(13(16)17-14(3,4)5)12(2)18-19(9,10)15(6,7)8/h12H,1H2,2-10H3. The molecule has 0 bridgehead atoms. The third kappa shape index (κ3) is 5.91. The zero-order chi connectivity index (χ0) is 15.6. The molecule has 0 amide bonds. The van der Waals surface area contributed by atoms with E-state index in [1.54, 1.807) is 0 Å². The van der Waals surface area contributed by atoms with Gasteiger partial charge < -0.3 is 9.16 Å². The molecule has 4 heteroatoms. The topological polar surface area (TPSA) is 35.5 Å². The first-order valence-electron chi connectivity index (χ1n) is 6.77. The van der Waals surface area contributed by atoms with Crippen LogP contribution in [0.2, 0.25) is 18.1 Å². The molecule has 0 spiro atoms. The Balaban J connectivity index is 4.73. The molecule has 0 heterocycles. The van der Waals surface area contributed by atoms with E-state index in [0.29, 0.717) is 5.57 Å². The van der Waals surface area contributed by atoms with Gasteiger partial charge in [0.2, 0.25) is 0 Å². The average molecular weight is 286 g/mol. The third-order valence-electron chi connectivity index (χ3n) is 3.43. The van der Waals surface area contributed by atoms with Crippen molar-refractivity contribution in [3.05, 3.63) is 12.2 Å². The maximum absolute atomic E-state index is 11.9. The van der Waals surface area contributed by atoms with Crippen molar-refractivity contribution in [2.75, 3.05) is 0 Å². The SMILES string of the molecule is C=C(C(=O)OC(C)(C)C)C(C)O[Si](C)(C)C(C)(C)C. The Hall–Kier alpha value is -0.613. The van der Waals surface area contributed by atoms with Crippen LogP contribution in [0.3, 0.4) is 0 Å². The number of carbonyl (C=O) groups excluding carboxylic acids is 1. The van der Waals surface area contributed by atoms with E-state index in [1.165, 1.54) is 0 Å². The summed E-state index contributed by atoms with van der Waals surface area (Å²) >= 11 is 0. The van der Waals surface area contributed by atoms with Gasteiger partial charge in [-0.15, -0.1) is 0 Å². The summed E-state index contributed by atoms with van der Waals surface area (Å²) < 4.78 is 11.5. The summed E-state index contributed by atoms with van der Waals surface area (Å²) in [4.78, 5) is 11.9. The highest BCUT2D eigenvalue weighted by atomic mass is 28.4. The Labute approximate surface area is 119 Å². The van der Waals surface area contributed by atoms with Gasteiger partial charge in [0.25, 0.3) is 0 Å². The fraction of sp³-hybridized carbons (Fsp3) is 0.800. The van der Waals surface area contributed by atoms with E-state index in [1.807, 2.05) is 27.7 Å². The zero-order valence-electron chi connectivity index (χ0n) is 14.0. The lowest BCUT2D eigenvalue weighted by atomic mass is 10.1. The van der Waals surface area contributed by atoms with Gasteiger partial charge in [-0.25, -0.2) is 4.79 Å². The van der Waals surface area contributed by atoms with Crippen LogP contribution in [0.15, 0.2) is 12.2 Å². The van der Waals surface area contributed by atoms with Gasteiger partial charge in [0, 0.05) is 0 Å². The molecule has 0 aromatic rings. The molecule has 0 radical (unpaired) electrons. The molecule has 0 aliphatic carbocycles. The van der Waals surface area contributed by atoms with Crippen molar-refractivity contribution in [2.45, 2.75) is 78.3 Å². The number of ether oxygens (including phenoxy) is 1. The summed E-state index contributed by atoms with van der Waals surface area (Å²) in [6.07, 6.45) is -0.309. The predicted octanol–water partition coefficient (Wildman–Crippen LogP) is 4.29. The lowest BCUT2D eigenvalue weighted by Crippen LogP contribution is -2.44. The molecule has 1 atom stereocenters. The molecule has 3 nitrogen and oxygen atoms in total. The van der Waals surface area contributed by atoms with Crippen LogP contribution in [0.4, 0.5) is 0 Å². The predicted molar refractivity (Wildman–Crippen MR) is 82.7 cm³/mol. The zero-order valence-corrected chi connectivity index (χ0v) is 15.0. The van der Waals surface area contributed by atoms with Gasteiger partial charge in [0.05, 0.1) is 11.7 Å². The Morgan fingerprint density at radius 1 is 1.11 bits per heavy atom. The van der Waals surface area contributed by atoms with Crippen molar-refractivity contribution < 1.29 is 14.0 Å². The number of esters is 1. The van der Waals surface area contributed by atoms with E-state index in [0.717, 1.165) is 0 Å². The minimum Gasteiger partial charge on any atom is -0.457 e. The van der Waals surface area contributed by atoms with Gasteiger partial charge in [-0.3, -0.25) is 0 Å². The summed E-state index contributed by atoms with van der Waals surface area (Å²) in [7, 11) is -1.90. The van der Waals surface area contributed by atoms with Crippen LogP contribution in [0, 0.1) is 0 Å². The van der Waals surface area contributed by atoms with Gasteiger partial charge in [0.1, 0.15) is 5.60 Å². The van der Waals surface area contributed by atoms with Crippen LogP contribution < -0.4 is 0 Å². The molecule has 0 rings (SSSR count). The van der Waals surface area contributed by atoms with Crippen molar-refractivity contribution in [1.29, 1.82) is 0 Å². The summed E-state index contributed by atoms with van der Waals surface area (Å²) in [5.74, 6) is -0.376. The molecule has 0 fully saturated rings. The Morgan fingerprint density at radius 2 is 1.53 bits per heavy atom. The lowest BCUT2D eigenvalue weighted by Gasteiger charge is -2.38. The highest BCUT2D eigenvalue weighted by Gasteiger charge is 2.39. The fourth-order valence-corrected chi connectivity index (χ4v) is 2.58. The van der Waals surface area contributed by atoms with Gasteiger partial charge in [0.15, 0.2) is 8.32 Å². The van der Waals surface area contributed by atoms with Crippen molar-refractivity contribution in [2.24, 2.45) is 0 Å². The molecule has 0 saturated heterocycles. The first-order chi connectivity index (χ1) is 8.17. The summed E-state index contributed by atoms with van der Waals surface area (Å²) in [5.41, 5.74) is -0.115. The maximum atomic E-state index is 11.9. The van der Waals surface area contributed by atoms with Crippen molar-refractivity contribution in [3.63, 3.8) is 0 Å². The van der Waals surface area contributed by atoms with Crippen LogP contribution in [0.5, 0.6) is 0 Å². The normalized spacial score (nSPS) is 15.0. The van der Waals surface area contributed by atoms with Gasteiger partial charge in [-0.1, -0.05) is 27.4 Å². The Bertz CT molecular complexity index is 345. The van der Waals surface area contributed by atoms with Crippen molar-refractivity contribution in [3.8, 4) is 0 Å². The van der Waals surface area contributed by atoms with E-state index >= 15 is 0 Å². The molecule has 1 unspecified atom stereocenters. The first-order valence-corrected chi connectivity index (χ1v) is 9.68.